The third-order valence-corrected chi connectivity index (χ3v) is 5.36. The number of anilines is 1. The van der Waals surface area contributed by atoms with Gasteiger partial charge in [-0.15, -0.1) is 0 Å². The van der Waals surface area contributed by atoms with Crippen molar-refractivity contribution in [2.24, 2.45) is 5.92 Å². The molecule has 0 bridgehead atoms. The number of aromatic nitrogens is 3. The lowest BCUT2D eigenvalue weighted by molar-refractivity contribution is -0.121. The molecule has 0 spiro atoms. The van der Waals surface area contributed by atoms with Gasteiger partial charge >= 0.3 is 0 Å². The Morgan fingerprint density at radius 2 is 2.00 bits per heavy atom. The molecule has 2 aromatic heterocycles. The number of nitrogens with zero attached hydrogens (tertiary/aromatic N) is 3. The van der Waals surface area contributed by atoms with Crippen molar-refractivity contribution in [2.75, 3.05) is 18.4 Å². The van der Waals surface area contributed by atoms with Crippen molar-refractivity contribution in [2.45, 2.75) is 26.7 Å². The number of piperidine rings is 1. The molecule has 0 aromatic carbocycles. The number of aryl methyl sites for hydroxylation is 2. The smallest absolute Gasteiger partial charge is 0.275 e. The molecule has 1 fully saturated rings. The van der Waals surface area contributed by atoms with E-state index in [-0.39, 0.29) is 17.7 Å². The molecule has 25 heavy (non-hydrogen) atoms. The molecule has 1 aliphatic heterocycles. The summed E-state index contributed by atoms with van der Waals surface area (Å²) in [5.41, 5.74) is 2.26. The van der Waals surface area contributed by atoms with Gasteiger partial charge in [0.15, 0.2) is 5.69 Å². The fourth-order valence-electron chi connectivity index (χ4n) is 2.82. The molecular formula is C17H20BrN5O2. The molecule has 2 N–H and O–H groups in total. The van der Waals surface area contributed by atoms with E-state index in [9.17, 15) is 9.59 Å². The zero-order chi connectivity index (χ0) is 18.0. The van der Waals surface area contributed by atoms with Crippen molar-refractivity contribution in [3.63, 3.8) is 0 Å². The number of pyridine rings is 1. The summed E-state index contributed by atoms with van der Waals surface area (Å²) in [7, 11) is 0. The van der Waals surface area contributed by atoms with E-state index < -0.39 is 0 Å². The largest absolute Gasteiger partial charge is 0.337 e. The van der Waals surface area contributed by atoms with E-state index in [0.717, 1.165) is 11.3 Å². The summed E-state index contributed by atoms with van der Waals surface area (Å²) >= 11 is 3.38. The average molecular weight is 406 g/mol. The minimum absolute atomic E-state index is 0.0414. The lowest BCUT2D eigenvalue weighted by Crippen LogP contribution is -2.41. The molecule has 2 amide bonds. The summed E-state index contributed by atoms with van der Waals surface area (Å²) in [6, 6.07) is 3.71. The lowest BCUT2D eigenvalue weighted by atomic mass is 9.95. The molecule has 1 aliphatic rings. The Morgan fingerprint density at radius 1 is 1.28 bits per heavy atom. The summed E-state index contributed by atoms with van der Waals surface area (Å²) in [6.07, 6.45) is 2.98. The summed E-state index contributed by atoms with van der Waals surface area (Å²) in [5, 5.41) is 9.71. The van der Waals surface area contributed by atoms with Crippen LogP contribution in [0, 0.1) is 19.8 Å². The third-order valence-electron chi connectivity index (χ3n) is 4.39. The minimum Gasteiger partial charge on any atom is -0.337 e. The van der Waals surface area contributed by atoms with Crippen LogP contribution in [0.25, 0.3) is 0 Å². The van der Waals surface area contributed by atoms with Crippen LogP contribution >= 0.6 is 15.9 Å². The van der Waals surface area contributed by atoms with Gasteiger partial charge in [0.1, 0.15) is 5.82 Å². The maximum atomic E-state index is 12.5. The summed E-state index contributed by atoms with van der Waals surface area (Å²) < 4.78 is 0.697. The zero-order valence-electron chi connectivity index (χ0n) is 14.2. The Morgan fingerprint density at radius 3 is 2.56 bits per heavy atom. The summed E-state index contributed by atoms with van der Waals surface area (Å²) in [4.78, 5) is 30.9. The van der Waals surface area contributed by atoms with Gasteiger partial charge in [0, 0.05) is 30.9 Å². The van der Waals surface area contributed by atoms with Gasteiger partial charge in [-0.1, -0.05) is 6.07 Å². The van der Waals surface area contributed by atoms with E-state index in [1.54, 1.807) is 17.2 Å². The van der Waals surface area contributed by atoms with Crippen LogP contribution < -0.4 is 5.32 Å². The van der Waals surface area contributed by atoms with E-state index in [1.165, 1.54) is 0 Å². The predicted molar refractivity (Wildman–Crippen MR) is 97.3 cm³/mol. The minimum atomic E-state index is -0.115. The number of aromatic amines is 1. The van der Waals surface area contributed by atoms with Gasteiger partial charge in [-0.2, -0.15) is 5.10 Å². The third kappa shape index (κ3) is 3.89. The van der Waals surface area contributed by atoms with Gasteiger partial charge in [0.25, 0.3) is 5.91 Å². The highest BCUT2D eigenvalue weighted by Gasteiger charge is 2.30. The number of H-pyrrole nitrogens is 1. The Kier molecular flexibility index (Phi) is 5.17. The maximum absolute atomic E-state index is 12.5. The second kappa shape index (κ2) is 7.35. The number of likely N-dealkylation sites (tertiary alicyclic amines) is 1. The van der Waals surface area contributed by atoms with E-state index in [1.807, 2.05) is 19.9 Å². The topological polar surface area (TPSA) is 91.0 Å². The predicted octanol–water partition coefficient (Wildman–Crippen LogP) is 2.67. The molecule has 3 rings (SSSR count). The van der Waals surface area contributed by atoms with Crippen LogP contribution in [0.4, 0.5) is 5.82 Å². The summed E-state index contributed by atoms with van der Waals surface area (Å²) in [6.45, 7) is 4.88. The zero-order valence-corrected chi connectivity index (χ0v) is 15.8. The number of carbonyl (C=O) groups excluding carboxylic acids is 2. The number of nitrogens with one attached hydrogen (secondary N) is 2. The number of rotatable bonds is 3. The first-order valence-corrected chi connectivity index (χ1v) is 8.98. The van der Waals surface area contributed by atoms with Crippen molar-refractivity contribution >= 4 is 33.6 Å². The molecule has 1 saturated heterocycles. The van der Waals surface area contributed by atoms with Crippen LogP contribution in [0.15, 0.2) is 22.8 Å². The van der Waals surface area contributed by atoms with E-state index in [4.69, 9.17) is 0 Å². The van der Waals surface area contributed by atoms with E-state index in [2.05, 4.69) is 36.4 Å². The molecule has 0 aliphatic carbocycles. The summed E-state index contributed by atoms with van der Waals surface area (Å²) in [5.74, 6) is 0.289. The molecule has 8 heteroatoms. The Bertz CT molecular complexity index is 779. The maximum Gasteiger partial charge on any atom is 0.275 e. The molecule has 2 aromatic rings. The van der Waals surface area contributed by atoms with Crippen LogP contribution in [-0.2, 0) is 4.79 Å². The van der Waals surface area contributed by atoms with E-state index >= 15 is 0 Å². The van der Waals surface area contributed by atoms with Crippen LogP contribution in [0.2, 0.25) is 0 Å². The molecule has 0 saturated carbocycles. The molecule has 7 nitrogen and oxygen atoms in total. The highest BCUT2D eigenvalue weighted by molar-refractivity contribution is 9.10. The van der Waals surface area contributed by atoms with Crippen LogP contribution in [0.5, 0.6) is 0 Å². The number of hydrogen-bond acceptors (Lipinski definition) is 4. The fraction of sp³-hybridized carbons (Fsp3) is 0.412. The van der Waals surface area contributed by atoms with Gasteiger partial charge in [-0.3, -0.25) is 14.7 Å². The number of hydrogen-bond donors (Lipinski definition) is 2. The normalized spacial score (nSPS) is 15.2. The number of carbonyl (C=O) groups is 2. The van der Waals surface area contributed by atoms with Crippen LogP contribution in [-0.4, -0.2) is 45.0 Å². The molecule has 0 unspecified atom stereocenters. The molecule has 132 valence electrons. The second-order valence-electron chi connectivity index (χ2n) is 6.29. The van der Waals surface area contributed by atoms with Crippen LogP contribution in [0.3, 0.4) is 0 Å². The van der Waals surface area contributed by atoms with Gasteiger partial charge in [-0.25, -0.2) is 4.98 Å². The SMILES string of the molecule is Cc1ccc(NC(=O)C2CCN(C(=O)c3n[nH]c(C)c3Br)CC2)nc1. The van der Waals surface area contributed by atoms with Crippen molar-refractivity contribution in [1.29, 1.82) is 0 Å². The lowest BCUT2D eigenvalue weighted by Gasteiger charge is -2.30. The molecular weight excluding hydrogens is 386 g/mol. The monoisotopic (exact) mass is 405 g/mol. The molecule has 0 radical (unpaired) electrons. The quantitative estimate of drug-likeness (QED) is 0.820. The van der Waals surface area contributed by atoms with Gasteiger partial charge in [0.05, 0.1) is 4.47 Å². The average Bonchev–Trinajstić information content (AvgIpc) is 2.95. The molecule has 3 heterocycles. The van der Waals surface area contributed by atoms with Crippen molar-refractivity contribution in [3.8, 4) is 0 Å². The van der Waals surface area contributed by atoms with Gasteiger partial charge in [-0.05, 0) is 54.2 Å². The van der Waals surface area contributed by atoms with Gasteiger partial charge < -0.3 is 10.2 Å². The molecule has 0 atom stereocenters. The number of amides is 2. The van der Waals surface area contributed by atoms with Crippen molar-refractivity contribution < 1.29 is 9.59 Å². The highest BCUT2D eigenvalue weighted by atomic mass is 79.9. The first-order chi connectivity index (χ1) is 12.0. The standard InChI is InChI=1S/C17H20BrN5O2/c1-10-3-4-13(19-9-10)20-16(24)12-5-7-23(8-6-12)17(25)15-14(18)11(2)21-22-15/h3-4,9,12H,5-8H2,1-2H3,(H,21,22)(H,19,20,24). The first-order valence-electron chi connectivity index (χ1n) is 8.19. The van der Waals surface area contributed by atoms with Crippen molar-refractivity contribution in [1.82, 2.24) is 20.1 Å². The number of halogens is 1. The van der Waals surface area contributed by atoms with E-state index in [0.29, 0.717) is 41.9 Å². The van der Waals surface area contributed by atoms with Gasteiger partial charge in [0.2, 0.25) is 5.91 Å². The Hall–Kier alpha value is -2.22. The van der Waals surface area contributed by atoms with Crippen molar-refractivity contribution in [3.05, 3.63) is 39.8 Å². The first kappa shape index (κ1) is 17.6. The van der Waals surface area contributed by atoms with Crippen LogP contribution in [0.1, 0.15) is 34.6 Å². The Labute approximate surface area is 154 Å². The second-order valence-corrected chi connectivity index (χ2v) is 7.08. The fourth-order valence-corrected chi connectivity index (χ4v) is 3.17. The Balaban J connectivity index is 1.56. The highest BCUT2D eigenvalue weighted by Crippen LogP contribution is 2.24.